The van der Waals surface area contributed by atoms with E-state index < -0.39 is 0 Å². The molecule has 1 aromatic carbocycles. The van der Waals surface area contributed by atoms with Gasteiger partial charge in [0.1, 0.15) is 5.75 Å². The molecule has 0 aliphatic rings. The van der Waals surface area contributed by atoms with Gasteiger partial charge in [0.25, 0.3) is 5.52 Å². The van der Waals surface area contributed by atoms with Crippen molar-refractivity contribution in [3.8, 4) is 17.1 Å². The SMILES string of the molecule is Oc1ccccc1-c1cc2cccc[n+]2o1.[Br-]. The fourth-order valence-electron chi connectivity index (χ4n) is 1.71. The monoisotopic (exact) mass is 291 g/mol. The first kappa shape index (κ1) is 11.7. The number of rotatable bonds is 1. The molecule has 0 bridgehead atoms. The number of nitrogens with zero attached hydrogens (tertiary/aromatic N) is 1. The Hall–Kier alpha value is -1.81. The van der Waals surface area contributed by atoms with Crippen molar-refractivity contribution in [2.45, 2.75) is 0 Å². The maximum Gasteiger partial charge on any atom is 0.262 e. The minimum atomic E-state index is 0. The summed E-state index contributed by atoms with van der Waals surface area (Å²) in [6, 6.07) is 14.8. The highest BCUT2D eigenvalue weighted by atomic mass is 79.9. The zero-order valence-corrected chi connectivity index (χ0v) is 10.5. The number of fused-ring (bicyclic) bond motifs is 1. The van der Waals surface area contributed by atoms with Crippen LogP contribution >= 0.6 is 0 Å². The zero-order chi connectivity index (χ0) is 11.0. The van der Waals surface area contributed by atoms with Crippen molar-refractivity contribution in [3.63, 3.8) is 0 Å². The molecule has 17 heavy (non-hydrogen) atoms. The normalized spacial score (nSPS) is 10.1. The van der Waals surface area contributed by atoms with E-state index in [1.54, 1.807) is 16.7 Å². The number of para-hydroxylation sites is 1. The van der Waals surface area contributed by atoms with Crippen molar-refractivity contribution in [2.75, 3.05) is 0 Å². The van der Waals surface area contributed by atoms with E-state index in [1.807, 2.05) is 42.6 Å². The molecule has 0 saturated heterocycles. The highest BCUT2D eigenvalue weighted by molar-refractivity contribution is 5.67. The van der Waals surface area contributed by atoms with Gasteiger partial charge in [0.05, 0.1) is 11.6 Å². The van der Waals surface area contributed by atoms with Crippen molar-refractivity contribution in [2.24, 2.45) is 0 Å². The second-order valence-electron chi connectivity index (χ2n) is 3.57. The van der Waals surface area contributed by atoms with E-state index in [0.717, 1.165) is 5.52 Å². The number of phenols is 1. The molecule has 0 atom stereocenters. The van der Waals surface area contributed by atoms with Gasteiger partial charge in [-0.15, -0.1) is 0 Å². The standard InChI is InChI=1S/C13H9NO2.BrH/c15-12-7-2-1-6-11(12)13-9-10-5-3-4-8-14(10)16-13;/h1-9H;1H. The Kier molecular flexibility index (Phi) is 3.15. The van der Waals surface area contributed by atoms with Gasteiger partial charge in [0.2, 0.25) is 12.0 Å². The second-order valence-corrected chi connectivity index (χ2v) is 3.57. The smallest absolute Gasteiger partial charge is 0.262 e. The second kappa shape index (κ2) is 4.59. The van der Waals surface area contributed by atoms with E-state index in [0.29, 0.717) is 11.3 Å². The van der Waals surface area contributed by atoms with Crippen molar-refractivity contribution < 1.29 is 31.2 Å². The van der Waals surface area contributed by atoms with E-state index in [-0.39, 0.29) is 22.7 Å². The van der Waals surface area contributed by atoms with Crippen LogP contribution in [0.5, 0.6) is 5.75 Å². The third-order valence-corrected chi connectivity index (χ3v) is 2.50. The van der Waals surface area contributed by atoms with Gasteiger partial charge in [-0.1, -0.05) is 12.1 Å². The van der Waals surface area contributed by atoms with E-state index in [1.165, 1.54) is 0 Å². The maximum absolute atomic E-state index is 9.72. The molecule has 0 spiro atoms. The summed E-state index contributed by atoms with van der Waals surface area (Å²) in [5.41, 5.74) is 1.66. The molecule has 4 heteroatoms. The predicted molar refractivity (Wildman–Crippen MR) is 59.0 cm³/mol. The third-order valence-electron chi connectivity index (χ3n) is 2.50. The van der Waals surface area contributed by atoms with Crippen LogP contribution in [-0.4, -0.2) is 5.11 Å². The van der Waals surface area contributed by atoms with Gasteiger partial charge in [-0.2, -0.15) is 0 Å². The summed E-state index contributed by atoms with van der Waals surface area (Å²) in [6.45, 7) is 0. The number of hydrogen-bond acceptors (Lipinski definition) is 2. The van der Waals surface area contributed by atoms with E-state index in [2.05, 4.69) is 0 Å². The van der Waals surface area contributed by atoms with Crippen molar-refractivity contribution in [1.29, 1.82) is 0 Å². The van der Waals surface area contributed by atoms with Gasteiger partial charge in [0, 0.05) is 16.7 Å². The molecule has 2 heterocycles. The maximum atomic E-state index is 9.72. The van der Waals surface area contributed by atoms with Gasteiger partial charge in [-0.25, -0.2) is 4.52 Å². The molecule has 0 aliphatic heterocycles. The van der Waals surface area contributed by atoms with Gasteiger partial charge < -0.3 is 22.1 Å². The lowest BCUT2D eigenvalue weighted by Gasteiger charge is -1.95. The largest absolute Gasteiger partial charge is 1.00 e. The number of aromatic hydroxyl groups is 1. The Morgan fingerprint density at radius 2 is 1.76 bits per heavy atom. The summed E-state index contributed by atoms with van der Waals surface area (Å²) in [5, 5.41) is 9.72. The molecule has 2 aromatic heterocycles. The molecule has 0 unspecified atom stereocenters. The van der Waals surface area contributed by atoms with Crippen molar-refractivity contribution in [1.82, 2.24) is 0 Å². The fraction of sp³-hybridized carbons (Fsp3) is 0. The van der Waals surface area contributed by atoms with Crippen LogP contribution in [-0.2, 0) is 0 Å². The number of pyridine rings is 1. The van der Waals surface area contributed by atoms with E-state index >= 15 is 0 Å². The zero-order valence-electron chi connectivity index (χ0n) is 8.88. The van der Waals surface area contributed by atoms with E-state index in [4.69, 9.17) is 4.52 Å². The summed E-state index contributed by atoms with van der Waals surface area (Å²) in [5.74, 6) is 0.881. The lowest BCUT2D eigenvalue weighted by atomic mass is 10.1. The minimum Gasteiger partial charge on any atom is -1.00 e. The topological polar surface area (TPSA) is 37.5 Å². The molecule has 3 rings (SSSR count). The molecule has 0 amide bonds. The lowest BCUT2D eigenvalue weighted by molar-refractivity contribution is -0.714. The number of benzene rings is 1. The molecule has 3 aromatic rings. The van der Waals surface area contributed by atoms with Crippen molar-refractivity contribution in [3.05, 3.63) is 54.7 Å². The number of hydrogen-bond donors (Lipinski definition) is 1. The summed E-state index contributed by atoms with van der Waals surface area (Å²) in [7, 11) is 0. The first-order chi connectivity index (χ1) is 7.84. The fourth-order valence-corrected chi connectivity index (χ4v) is 1.71. The third kappa shape index (κ3) is 2.03. The van der Waals surface area contributed by atoms with Crippen LogP contribution in [0.2, 0.25) is 0 Å². The van der Waals surface area contributed by atoms with Crippen LogP contribution in [0.4, 0.5) is 0 Å². The molecular formula is C13H10BrNO2. The molecule has 0 radical (unpaired) electrons. The van der Waals surface area contributed by atoms with Gasteiger partial charge in [-0.3, -0.25) is 0 Å². The summed E-state index contributed by atoms with van der Waals surface area (Å²) in [4.78, 5) is 0. The van der Waals surface area contributed by atoms with Crippen LogP contribution in [0.1, 0.15) is 0 Å². The van der Waals surface area contributed by atoms with Crippen LogP contribution in [0.3, 0.4) is 0 Å². The molecule has 1 N–H and O–H groups in total. The van der Waals surface area contributed by atoms with Crippen molar-refractivity contribution >= 4 is 5.52 Å². The van der Waals surface area contributed by atoms with Crippen LogP contribution in [0.25, 0.3) is 16.8 Å². The quantitative estimate of drug-likeness (QED) is 0.608. The van der Waals surface area contributed by atoms with Gasteiger partial charge >= 0.3 is 0 Å². The van der Waals surface area contributed by atoms with Crippen LogP contribution < -0.4 is 21.6 Å². The summed E-state index contributed by atoms with van der Waals surface area (Å²) in [6.07, 6.45) is 1.83. The lowest BCUT2D eigenvalue weighted by Crippen LogP contribution is -3.00. The number of halogens is 1. The molecule has 3 nitrogen and oxygen atoms in total. The Morgan fingerprint density at radius 3 is 2.53 bits per heavy atom. The molecule has 0 aliphatic carbocycles. The Morgan fingerprint density at radius 1 is 1.00 bits per heavy atom. The minimum absolute atomic E-state index is 0. The summed E-state index contributed by atoms with van der Waals surface area (Å²) < 4.78 is 7.26. The highest BCUT2D eigenvalue weighted by Crippen LogP contribution is 2.28. The predicted octanol–water partition coefficient (Wildman–Crippen LogP) is -0.605. The first-order valence-electron chi connectivity index (χ1n) is 5.04. The molecule has 0 fully saturated rings. The van der Waals surface area contributed by atoms with E-state index in [9.17, 15) is 5.11 Å². The molecule has 0 saturated carbocycles. The highest BCUT2D eigenvalue weighted by Gasteiger charge is 2.14. The number of aromatic nitrogens is 1. The Bertz CT molecular complexity index is 615. The van der Waals surface area contributed by atoms with Crippen LogP contribution in [0.15, 0.2) is 59.3 Å². The Balaban J connectivity index is 0.00000108. The van der Waals surface area contributed by atoms with Gasteiger partial charge in [-0.05, 0) is 18.2 Å². The average Bonchev–Trinajstić information content (AvgIpc) is 2.73. The first-order valence-corrected chi connectivity index (χ1v) is 5.04. The molecular weight excluding hydrogens is 282 g/mol. The van der Waals surface area contributed by atoms with Crippen LogP contribution in [0, 0.1) is 0 Å². The summed E-state index contributed by atoms with van der Waals surface area (Å²) >= 11 is 0. The van der Waals surface area contributed by atoms with Gasteiger partial charge in [0.15, 0.2) is 0 Å². The number of phenolic OH excluding ortho intramolecular Hbond substituents is 1. The molecule has 86 valence electrons. The Labute approximate surface area is 109 Å². The average molecular weight is 292 g/mol.